The molecule has 0 aliphatic carbocycles. The Hall–Kier alpha value is -1.79. The van der Waals surface area contributed by atoms with Gasteiger partial charge in [-0.25, -0.2) is 9.59 Å². The van der Waals surface area contributed by atoms with Gasteiger partial charge in [0.1, 0.15) is 11.6 Å². The molecule has 21 heavy (non-hydrogen) atoms. The molecule has 1 N–H and O–H groups in total. The Morgan fingerprint density at radius 3 is 2.62 bits per heavy atom. The maximum atomic E-state index is 11.7. The zero-order valence-corrected chi connectivity index (χ0v) is 13.1. The van der Waals surface area contributed by atoms with Crippen molar-refractivity contribution >= 4 is 18.0 Å². The third-order valence-corrected chi connectivity index (χ3v) is 3.05. The predicted molar refractivity (Wildman–Crippen MR) is 75.6 cm³/mol. The SMILES string of the molecule is COC(=O)C1CCC(=O)N1CCCNC(=O)OC(C)(C)C. The van der Waals surface area contributed by atoms with Gasteiger partial charge in [-0.2, -0.15) is 0 Å². The quantitative estimate of drug-likeness (QED) is 0.606. The van der Waals surface area contributed by atoms with Crippen LogP contribution in [0.2, 0.25) is 0 Å². The standard InChI is InChI=1S/C14H24N2O5/c1-14(2,3)21-13(19)15-8-5-9-16-10(12(18)20-4)6-7-11(16)17/h10H,5-9H2,1-4H3,(H,15,19). The van der Waals surface area contributed by atoms with Crippen LogP contribution in [0.15, 0.2) is 0 Å². The number of alkyl carbamates (subject to hydrolysis) is 1. The van der Waals surface area contributed by atoms with Crippen LogP contribution in [0, 0.1) is 0 Å². The molecule has 1 aliphatic rings. The minimum Gasteiger partial charge on any atom is -0.467 e. The van der Waals surface area contributed by atoms with E-state index < -0.39 is 17.7 Å². The van der Waals surface area contributed by atoms with E-state index in [1.165, 1.54) is 12.0 Å². The van der Waals surface area contributed by atoms with Gasteiger partial charge in [-0.15, -0.1) is 0 Å². The first-order valence-corrected chi connectivity index (χ1v) is 7.09. The Morgan fingerprint density at radius 2 is 2.05 bits per heavy atom. The second-order valence-electron chi connectivity index (χ2n) is 5.95. The van der Waals surface area contributed by atoms with E-state index in [2.05, 4.69) is 10.1 Å². The van der Waals surface area contributed by atoms with E-state index in [0.29, 0.717) is 32.4 Å². The van der Waals surface area contributed by atoms with E-state index >= 15 is 0 Å². The lowest BCUT2D eigenvalue weighted by atomic mass is 10.2. The van der Waals surface area contributed by atoms with Crippen LogP contribution in [0.5, 0.6) is 0 Å². The summed E-state index contributed by atoms with van der Waals surface area (Å²) in [5.74, 6) is -0.441. The van der Waals surface area contributed by atoms with Gasteiger partial charge in [0.05, 0.1) is 7.11 Å². The molecular weight excluding hydrogens is 276 g/mol. The number of hydrogen-bond donors (Lipinski definition) is 1. The summed E-state index contributed by atoms with van der Waals surface area (Å²) in [5.41, 5.74) is -0.537. The number of nitrogens with zero attached hydrogens (tertiary/aromatic N) is 1. The summed E-state index contributed by atoms with van der Waals surface area (Å²) in [6.07, 6.45) is 0.919. The van der Waals surface area contributed by atoms with Crippen LogP contribution in [0.3, 0.4) is 0 Å². The Balaban J connectivity index is 2.32. The largest absolute Gasteiger partial charge is 0.467 e. The molecular formula is C14H24N2O5. The summed E-state index contributed by atoms with van der Waals surface area (Å²) in [5, 5.41) is 2.62. The van der Waals surface area contributed by atoms with Crippen LogP contribution in [0.1, 0.15) is 40.0 Å². The first kappa shape index (κ1) is 17.3. The average Bonchev–Trinajstić information content (AvgIpc) is 2.73. The monoisotopic (exact) mass is 300 g/mol. The Bertz CT molecular complexity index is 403. The fraction of sp³-hybridized carbons (Fsp3) is 0.786. The summed E-state index contributed by atoms with van der Waals surface area (Å²) in [6.45, 7) is 6.16. The minimum atomic E-state index is -0.537. The van der Waals surface area contributed by atoms with Crippen LogP contribution in [0.25, 0.3) is 0 Å². The molecule has 1 fully saturated rings. The van der Waals surface area contributed by atoms with E-state index in [4.69, 9.17) is 4.74 Å². The molecule has 0 spiro atoms. The number of esters is 1. The van der Waals surface area contributed by atoms with Gasteiger partial charge in [-0.05, 0) is 33.6 Å². The fourth-order valence-corrected chi connectivity index (χ4v) is 2.15. The van der Waals surface area contributed by atoms with Crippen molar-refractivity contribution in [1.82, 2.24) is 10.2 Å². The molecule has 0 radical (unpaired) electrons. The number of carbonyl (C=O) groups excluding carboxylic acids is 3. The first-order valence-electron chi connectivity index (χ1n) is 7.09. The number of methoxy groups -OCH3 is 1. The molecule has 0 aromatic rings. The second kappa shape index (κ2) is 7.28. The highest BCUT2D eigenvalue weighted by molar-refractivity contribution is 5.88. The topological polar surface area (TPSA) is 84.9 Å². The molecule has 2 amide bonds. The van der Waals surface area contributed by atoms with Crippen LogP contribution in [-0.4, -0.2) is 54.7 Å². The number of carbonyl (C=O) groups is 3. The molecule has 1 rings (SSSR count). The smallest absolute Gasteiger partial charge is 0.407 e. The van der Waals surface area contributed by atoms with Gasteiger partial charge >= 0.3 is 12.1 Å². The molecule has 0 aromatic carbocycles. The maximum absolute atomic E-state index is 11.7. The summed E-state index contributed by atoms with van der Waals surface area (Å²) >= 11 is 0. The molecule has 120 valence electrons. The van der Waals surface area contributed by atoms with Gasteiger partial charge in [0, 0.05) is 19.5 Å². The normalized spacial score (nSPS) is 18.6. The molecule has 1 unspecified atom stereocenters. The van der Waals surface area contributed by atoms with Crippen LogP contribution in [0.4, 0.5) is 4.79 Å². The lowest BCUT2D eigenvalue weighted by molar-refractivity contribution is -0.149. The molecule has 0 aromatic heterocycles. The highest BCUT2D eigenvalue weighted by Gasteiger charge is 2.36. The van der Waals surface area contributed by atoms with Gasteiger partial charge < -0.3 is 19.7 Å². The van der Waals surface area contributed by atoms with Crippen molar-refractivity contribution in [3.8, 4) is 0 Å². The zero-order chi connectivity index (χ0) is 16.0. The second-order valence-corrected chi connectivity index (χ2v) is 5.95. The highest BCUT2D eigenvalue weighted by atomic mass is 16.6. The van der Waals surface area contributed by atoms with Gasteiger partial charge in [0.15, 0.2) is 0 Å². The maximum Gasteiger partial charge on any atom is 0.407 e. The molecule has 1 saturated heterocycles. The summed E-state index contributed by atoms with van der Waals surface area (Å²) in [7, 11) is 1.31. The van der Waals surface area contributed by atoms with Crippen LogP contribution in [-0.2, 0) is 19.1 Å². The highest BCUT2D eigenvalue weighted by Crippen LogP contribution is 2.19. The lowest BCUT2D eigenvalue weighted by Gasteiger charge is -2.23. The van der Waals surface area contributed by atoms with Crippen molar-refractivity contribution in [1.29, 1.82) is 0 Å². The summed E-state index contributed by atoms with van der Waals surface area (Å²) in [6, 6.07) is -0.496. The van der Waals surface area contributed by atoms with Crippen molar-refractivity contribution in [2.45, 2.75) is 51.7 Å². The molecule has 7 nitrogen and oxygen atoms in total. The predicted octanol–water partition coefficient (Wildman–Crippen LogP) is 1.07. The summed E-state index contributed by atoms with van der Waals surface area (Å²) < 4.78 is 9.79. The number of hydrogen-bond acceptors (Lipinski definition) is 5. The molecule has 7 heteroatoms. The van der Waals surface area contributed by atoms with Crippen molar-refractivity contribution in [3.05, 3.63) is 0 Å². The van der Waals surface area contributed by atoms with E-state index in [9.17, 15) is 14.4 Å². The Labute approximate surface area is 124 Å². The Kier molecular flexibility index (Phi) is 5.99. The zero-order valence-electron chi connectivity index (χ0n) is 13.1. The number of nitrogens with one attached hydrogen (secondary N) is 1. The van der Waals surface area contributed by atoms with Crippen LogP contribution >= 0.6 is 0 Å². The average molecular weight is 300 g/mol. The van der Waals surface area contributed by atoms with Crippen molar-refractivity contribution in [3.63, 3.8) is 0 Å². The van der Waals surface area contributed by atoms with Crippen LogP contribution < -0.4 is 5.32 Å². The third kappa shape index (κ3) is 5.61. The molecule has 1 aliphatic heterocycles. The number of ether oxygens (including phenoxy) is 2. The first-order chi connectivity index (χ1) is 9.74. The molecule has 1 atom stereocenters. The Morgan fingerprint density at radius 1 is 1.38 bits per heavy atom. The van der Waals surface area contributed by atoms with Gasteiger partial charge in [0.25, 0.3) is 0 Å². The number of amides is 2. The third-order valence-electron chi connectivity index (χ3n) is 3.05. The number of likely N-dealkylation sites (tertiary alicyclic amines) is 1. The van der Waals surface area contributed by atoms with Gasteiger partial charge in [-0.3, -0.25) is 4.79 Å². The molecule has 0 bridgehead atoms. The van der Waals surface area contributed by atoms with Crippen molar-refractivity contribution in [2.24, 2.45) is 0 Å². The van der Waals surface area contributed by atoms with E-state index in [0.717, 1.165) is 0 Å². The van der Waals surface area contributed by atoms with Crippen molar-refractivity contribution in [2.75, 3.05) is 20.2 Å². The fourth-order valence-electron chi connectivity index (χ4n) is 2.15. The lowest BCUT2D eigenvalue weighted by Crippen LogP contribution is -2.41. The number of rotatable bonds is 5. The minimum absolute atomic E-state index is 0.0531. The summed E-state index contributed by atoms with van der Waals surface area (Å²) in [4.78, 5) is 36.3. The molecule has 1 heterocycles. The molecule has 0 saturated carbocycles. The van der Waals surface area contributed by atoms with E-state index in [1.807, 2.05) is 0 Å². The van der Waals surface area contributed by atoms with Gasteiger partial charge in [-0.1, -0.05) is 0 Å². The van der Waals surface area contributed by atoms with Gasteiger partial charge in [0.2, 0.25) is 5.91 Å². The van der Waals surface area contributed by atoms with E-state index in [-0.39, 0.29) is 11.9 Å². The van der Waals surface area contributed by atoms with E-state index in [1.54, 1.807) is 20.8 Å². The van der Waals surface area contributed by atoms with Crippen molar-refractivity contribution < 1.29 is 23.9 Å².